The number of hydrogen-bond acceptors (Lipinski definition) is 5. The maximum Gasteiger partial charge on any atom is 0.291 e. The van der Waals surface area contributed by atoms with Crippen LogP contribution in [0, 0.1) is 6.92 Å². The van der Waals surface area contributed by atoms with E-state index in [9.17, 15) is 4.79 Å². The Labute approximate surface area is 134 Å². The SMILES string of the molecule is Cc1ccc(/C=N\NC(=O)c2nc(Cl)c(Cl)c(N)c2Cl)o1. The van der Waals surface area contributed by atoms with Gasteiger partial charge < -0.3 is 10.2 Å². The summed E-state index contributed by atoms with van der Waals surface area (Å²) in [5.41, 5.74) is 7.67. The average molecular weight is 348 g/mol. The molecule has 2 aromatic rings. The summed E-state index contributed by atoms with van der Waals surface area (Å²) in [6.45, 7) is 1.79. The Morgan fingerprint density at radius 3 is 2.71 bits per heavy atom. The predicted octanol–water partition coefficient (Wildman–Crippen LogP) is 3.29. The number of nitrogens with zero attached hydrogens (tertiary/aromatic N) is 2. The van der Waals surface area contributed by atoms with Gasteiger partial charge in [-0.15, -0.1) is 0 Å². The molecule has 6 nitrogen and oxygen atoms in total. The maximum atomic E-state index is 11.9. The van der Waals surface area contributed by atoms with E-state index >= 15 is 0 Å². The number of furan rings is 1. The maximum absolute atomic E-state index is 11.9. The highest BCUT2D eigenvalue weighted by Gasteiger charge is 2.19. The Hall–Kier alpha value is -1.76. The van der Waals surface area contributed by atoms with Crippen molar-refractivity contribution in [2.75, 3.05) is 5.73 Å². The van der Waals surface area contributed by atoms with Gasteiger partial charge in [0.2, 0.25) is 0 Å². The van der Waals surface area contributed by atoms with E-state index in [4.69, 9.17) is 45.0 Å². The van der Waals surface area contributed by atoms with Gasteiger partial charge in [-0.25, -0.2) is 10.4 Å². The molecule has 3 N–H and O–H groups in total. The number of amides is 1. The van der Waals surface area contributed by atoms with Gasteiger partial charge in [-0.1, -0.05) is 34.8 Å². The third-order valence-corrected chi connectivity index (χ3v) is 3.54. The number of carbonyl (C=O) groups excluding carboxylic acids is 1. The van der Waals surface area contributed by atoms with E-state index in [-0.39, 0.29) is 26.6 Å². The quantitative estimate of drug-likeness (QED) is 0.506. The molecule has 0 aliphatic heterocycles. The number of nitrogens with two attached hydrogens (primary N) is 1. The van der Waals surface area contributed by atoms with Gasteiger partial charge in [0, 0.05) is 0 Å². The number of carbonyl (C=O) groups is 1. The second-order valence-electron chi connectivity index (χ2n) is 3.94. The molecule has 2 heterocycles. The molecular formula is C12H9Cl3N4O2. The number of nitrogen functional groups attached to an aromatic ring is 1. The molecule has 0 saturated carbocycles. The van der Waals surface area contributed by atoms with Crippen molar-refractivity contribution in [2.45, 2.75) is 6.92 Å². The van der Waals surface area contributed by atoms with E-state index in [0.29, 0.717) is 5.76 Å². The molecule has 0 saturated heterocycles. The van der Waals surface area contributed by atoms with E-state index in [2.05, 4.69) is 15.5 Å². The number of nitrogens with one attached hydrogen (secondary N) is 1. The molecule has 21 heavy (non-hydrogen) atoms. The fourth-order valence-corrected chi connectivity index (χ4v) is 2.01. The number of hydrogen-bond donors (Lipinski definition) is 2. The molecule has 0 aliphatic carbocycles. The molecule has 0 spiro atoms. The average Bonchev–Trinajstić information content (AvgIpc) is 2.86. The lowest BCUT2D eigenvalue weighted by Crippen LogP contribution is -2.20. The van der Waals surface area contributed by atoms with E-state index in [1.54, 1.807) is 19.1 Å². The van der Waals surface area contributed by atoms with Crippen LogP contribution in [0.15, 0.2) is 21.7 Å². The van der Waals surface area contributed by atoms with Gasteiger partial charge in [-0.3, -0.25) is 4.79 Å². The van der Waals surface area contributed by atoms with Crippen molar-refractivity contribution in [1.82, 2.24) is 10.4 Å². The zero-order valence-electron chi connectivity index (χ0n) is 10.7. The van der Waals surface area contributed by atoms with Gasteiger partial charge >= 0.3 is 0 Å². The molecule has 2 aromatic heterocycles. The molecule has 0 bridgehead atoms. The van der Waals surface area contributed by atoms with E-state index in [0.717, 1.165) is 5.76 Å². The fourth-order valence-electron chi connectivity index (χ4n) is 1.41. The third kappa shape index (κ3) is 3.47. The van der Waals surface area contributed by atoms with Crippen molar-refractivity contribution in [2.24, 2.45) is 5.10 Å². The minimum atomic E-state index is -0.676. The van der Waals surface area contributed by atoms with Crippen LogP contribution < -0.4 is 11.2 Å². The van der Waals surface area contributed by atoms with Crippen LogP contribution in [0.25, 0.3) is 0 Å². The first kappa shape index (κ1) is 15.6. The van der Waals surface area contributed by atoms with Crippen LogP contribution in [-0.4, -0.2) is 17.1 Å². The molecule has 0 aliphatic rings. The summed E-state index contributed by atoms with van der Waals surface area (Å²) in [5, 5.41) is 3.51. The first-order valence-electron chi connectivity index (χ1n) is 5.60. The van der Waals surface area contributed by atoms with Crippen molar-refractivity contribution >= 4 is 52.6 Å². The van der Waals surface area contributed by atoms with Crippen molar-refractivity contribution in [1.29, 1.82) is 0 Å². The molecule has 2 rings (SSSR count). The molecule has 1 amide bonds. The highest BCUT2D eigenvalue weighted by Crippen LogP contribution is 2.34. The van der Waals surface area contributed by atoms with E-state index in [1.165, 1.54) is 6.21 Å². The standard InChI is InChI=1S/C12H9Cl3N4O2/c1-5-2-3-6(21-5)4-17-19-12(20)10-7(13)9(16)8(14)11(15)18-10/h2-4H,1H3,(H2,16,18)(H,19,20)/b17-4-. The zero-order valence-corrected chi connectivity index (χ0v) is 12.9. The first-order valence-corrected chi connectivity index (χ1v) is 6.73. The lowest BCUT2D eigenvalue weighted by Gasteiger charge is -2.07. The number of anilines is 1. The molecule has 0 unspecified atom stereocenters. The predicted molar refractivity (Wildman–Crippen MR) is 82.2 cm³/mol. The van der Waals surface area contributed by atoms with Gasteiger partial charge in [-0.2, -0.15) is 5.10 Å². The van der Waals surface area contributed by atoms with Crippen LogP contribution in [0.1, 0.15) is 22.0 Å². The number of aryl methyl sites for hydroxylation is 1. The van der Waals surface area contributed by atoms with Crippen molar-refractivity contribution < 1.29 is 9.21 Å². The Morgan fingerprint density at radius 1 is 1.38 bits per heavy atom. The second kappa shape index (κ2) is 6.34. The summed E-state index contributed by atoms with van der Waals surface area (Å²) >= 11 is 17.4. The summed E-state index contributed by atoms with van der Waals surface area (Å²) in [6, 6.07) is 3.47. The summed E-state index contributed by atoms with van der Waals surface area (Å²) in [6.07, 6.45) is 1.33. The Bertz CT molecular complexity index is 728. The van der Waals surface area contributed by atoms with Gasteiger partial charge in [0.1, 0.15) is 16.5 Å². The van der Waals surface area contributed by atoms with Crippen LogP contribution in [0.2, 0.25) is 15.2 Å². The lowest BCUT2D eigenvalue weighted by atomic mass is 10.3. The number of aromatic nitrogens is 1. The first-order chi connectivity index (χ1) is 9.90. The number of hydrazone groups is 1. The zero-order chi connectivity index (χ0) is 15.6. The highest BCUT2D eigenvalue weighted by molar-refractivity contribution is 6.46. The van der Waals surface area contributed by atoms with Gasteiger partial charge in [0.25, 0.3) is 5.91 Å². The number of rotatable bonds is 3. The number of halogens is 3. The molecular weight excluding hydrogens is 339 g/mol. The molecule has 0 radical (unpaired) electrons. The van der Waals surface area contributed by atoms with Crippen LogP contribution in [0.4, 0.5) is 5.69 Å². The Balaban J connectivity index is 2.16. The van der Waals surface area contributed by atoms with E-state index < -0.39 is 5.91 Å². The lowest BCUT2D eigenvalue weighted by molar-refractivity contribution is 0.0950. The van der Waals surface area contributed by atoms with Crippen LogP contribution in [0.5, 0.6) is 0 Å². The van der Waals surface area contributed by atoms with Crippen molar-refractivity contribution in [3.8, 4) is 0 Å². The fraction of sp³-hybridized carbons (Fsp3) is 0.0833. The topological polar surface area (TPSA) is 93.5 Å². The summed E-state index contributed by atoms with van der Waals surface area (Å²) in [5.74, 6) is 0.537. The summed E-state index contributed by atoms with van der Waals surface area (Å²) in [7, 11) is 0. The van der Waals surface area contributed by atoms with Crippen molar-refractivity contribution in [3.63, 3.8) is 0 Å². The largest absolute Gasteiger partial charge is 0.460 e. The Kier molecular flexibility index (Phi) is 4.72. The third-order valence-electron chi connectivity index (χ3n) is 2.41. The van der Waals surface area contributed by atoms with Crippen LogP contribution in [0.3, 0.4) is 0 Å². The van der Waals surface area contributed by atoms with E-state index in [1.807, 2.05) is 0 Å². The molecule has 110 valence electrons. The monoisotopic (exact) mass is 346 g/mol. The Morgan fingerprint density at radius 2 is 2.10 bits per heavy atom. The van der Waals surface area contributed by atoms with Crippen LogP contribution >= 0.6 is 34.8 Å². The minimum absolute atomic E-state index is 0.00669. The molecule has 0 fully saturated rings. The van der Waals surface area contributed by atoms with Crippen molar-refractivity contribution in [3.05, 3.63) is 44.5 Å². The normalized spacial score (nSPS) is 11.0. The smallest absolute Gasteiger partial charge is 0.291 e. The van der Waals surface area contributed by atoms with Crippen LogP contribution in [-0.2, 0) is 0 Å². The van der Waals surface area contributed by atoms with Gasteiger partial charge in [-0.05, 0) is 19.1 Å². The molecule has 0 atom stereocenters. The molecule has 0 aromatic carbocycles. The summed E-state index contributed by atoms with van der Waals surface area (Å²) < 4.78 is 5.25. The minimum Gasteiger partial charge on any atom is -0.460 e. The van der Waals surface area contributed by atoms with Gasteiger partial charge in [0.15, 0.2) is 10.8 Å². The highest BCUT2D eigenvalue weighted by atomic mass is 35.5. The number of pyridine rings is 1. The molecule has 9 heteroatoms. The summed E-state index contributed by atoms with van der Waals surface area (Å²) in [4.78, 5) is 15.7. The second-order valence-corrected chi connectivity index (χ2v) is 5.05. The van der Waals surface area contributed by atoms with Gasteiger partial charge in [0.05, 0.1) is 16.9 Å².